The topological polar surface area (TPSA) is 307 Å². The van der Waals surface area contributed by atoms with Crippen LogP contribution in [-0.2, 0) is 33.2 Å². The van der Waals surface area contributed by atoms with Crippen LogP contribution in [-0.4, -0.2) is 193 Å². The van der Waals surface area contributed by atoms with Gasteiger partial charge in [0.1, 0.15) is 73.2 Å². The fourth-order valence-corrected chi connectivity index (χ4v) is 9.57. The average Bonchev–Trinajstić information content (AvgIpc) is 3.39. The number of carbonyl (C=O) groups excluding carboxylic acids is 1. The number of unbranched alkanes of at least 4 members (excludes halogenated alkanes) is 22. The van der Waals surface area contributed by atoms with Gasteiger partial charge in [0.25, 0.3) is 0 Å². The number of hydrogen-bond acceptors (Lipinski definition) is 18. The minimum atomic E-state index is -1.98. The summed E-state index contributed by atoms with van der Waals surface area (Å²) in [6.45, 7) is 1.57. The molecule has 12 N–H and O–H groups in total. The first-order chi connectivity index (χ1) is 35.3. The van der Waals surface area contributed by atoms with E-state index in [-0.39, 0.29) is 18.9 Å². The Morgan fingerprint density at radius 3 is 1.34 bits per heavy atom. The summed E-state index contributed by atoms with van der Waals surface area (Å²) in [6.07, 6.45) is 10.8. The summed E-state index contributed by atoms with van der Waals surface area (Å²) in [5.41, 5.74) is 0. The number of carbonyl (C=O) groups is 1. The summed E-state index contributed by atoms with van der Waals surface area (Å²) in [6, 6.07) is -0.982. The molecule has 0 aliphatic carbocycles. The number of aliphatic hydroxyl groups excluding tert-OH is 11. The number of amides is 1. The van der Waals surface area contributed by atoms with Crippen molar-refractivity contribution in [2.24, 2.45) is 0 Å². The van der Waals surface area contributed by atoms with E-state index in [0.29, 0.717) is 12.8 Å². The molecule has 19 heteroatoms. The van der Waals surface area contributed by atoms with Crippen molar-refractivity contribution < 1.29 is 89.4 Å². The molecule has 3 heterocycles. The standard InChI is InChI=1S/C54H99NO18/c1-3-5-7-9-11-12-13-14-15-16-17-18-19-20-21-22-23-24-26-28-30-32-42(60)55-37(38(59)31-29-27-25-10-8-6-4-2)36-68-52-48(66)45(63)50(40(34-57)70-52)73-54-49(67)46(64)51(41(35-58)71-54)72-53-47(65)44(62)43(61)39(33-56)69-53/h8,10,29,31,37-41,43-54,56-59,61-67H,3-7,9,11-28,30,32-36H2,1-2H3,(H,55,60)/b10-8+,31-29+. The van der Waals surface area contributed by atoms with Crippen LogP contribution in [0.25, 0.3) is 0 Å². The normalized spacial score (nSPS) is 31.9. The number of ether oxygens (including phenoxy) is 6. The van der Waals surface area contributed by atoms with Gasteiger partial charge in [-0.2, -0.15) is 0 Å². The Kier molecular flexibility index (Phi) is 34.8. The molecule has 3 saturated heterocycles. The Labute approximate surface area is 435 Å². The van der Waals surface area contributed by atoms with Gasteiger partial charge in [-0.15, -0.1) is 0 Å². The monoisotopic (exact) mass is 1050 g/mol. The van der Waals surface area contributed by atoms with Crippen LogP contribution in [0.1, 0.15) is 181 Å². The van der Waals surface area contributed by atoms with Crippen LogP contribution in [0.15, 0.2) is 24.3 Å². The zero-order chi connectivity index (χ0) is 53.4. The molecule has 0 saturated carbocycles. The maximum absolute atomic E-state index is 13.2. The van der Waals surface area contributed by atoms with Gasteiger partial charge in [0.2, 0.25) is 5.91 Å². The van der Waals surface area contributed by atoms with Crippen LogP contribution >= 0.6 is 0 Å². The van der Waals surface area contributed by atoms with Gasteiger partial charge in [0.15, 0.2) is 18.9 Å². The van der Waals surface area contributed by atoms with Crippen molar-refractivity contribution in [2.45, 2.75) is 285 Å². The van der Waals surface area contributed by atoms with Gasteiger partial charge >= 0.3 is 0 Å². The molecule has 428 valence electrons. The summed E-state index contributed by atoms with van der Waals surface area (Å²) in [4.78, 5) is 13.2. The second-order valence-corrected chi connectivity index (χ2v) is 20.4. The van der Waals surface area contributed by atoms with Crippen molar-refractivity contribution in [3.05, 3.63) is 24.3 Å². The lowest BCUT2D eigenvalue weighted by Gasteiger charge is -2.48. The van der Waals surface area contributed by atoms with Crippen LogP contribution in [0.2, 0.25) is 0 Å². The third-order valence-corrected chi connectivity index (χ3v) is 14.2. The highest BCUT2D eigenvalue weighted by Gasteiger charge is 2.53. The van der Waals surface area contributed by atoms with Gasteiger partial charge in [0, 0.05) is 6.42 Å². The molecule has 1 amide bonds. The van der Waals surface area contributed by atoms with Gasteiger partial charge in [-0.1, -0.05) is 173 Å². The maximum Gasteiger partial charge on any atom is 0.220 e. The molecule has 17 atom stereocenters. The highest BCUT2D eigenvalue weighted by atomic mass is 16.8. The minimum absolute atomic E-state index is 0.239. The fraction of sp³-hybridized carbons (Fsp3) is 0.907. The number of nitrogens with one attached hydrogen (secondary N) is 1. The molecular formula is C54H99NO18. The summed E-state index contributed by atoms with van der Waals surface area (Å²) in [5, 5.41) is 119. The molecule has 0 radical (unpaired) electrons. The second kappa shape index (κ2) is 38.8. The molecule has 0 aromatic heterocycles. The molecular weight excluding hydrogens is 951 g/mol. The summed E-state index contributed by atoms with van der Waals surface area (Å²) in [7, 11) is 0. The molecule has 3 aliphatic heterocycles. The predicted octanol–water partition coefficient (Wildman–Crippen LogP) is 3.59. The maximum atomic E-state index is 13.2. The lowest BCUT2D eigenvalue weighted by atomic mass is 9.96. The van der Waals surface area contributed by atoms with E-state index in [1.54, 1.807) is 6.08 Å². The van der Waals surface area contributed by atoms with E-state index in [1.165, 1.54) is 109 Å². The molecule has 73 heavy (non-hydrogen) atoms. The second-order valence-electron chi connectivity index (χ2n) is 20.4. The van der Waals surface area contributed by atoms with Gasteiger partial charge in [-0.3, -0.25) is 4.79 Å². The van der Waals surface area contributed by atoms with Crippen LogP contribution in [0, 0.1) is 0 Å². The van der Waals surface area contributed by atoms with E-state index in [1.807, 2.05) is 6.08 Å². The molecule has 0 bridgehead atoms. The van der Waals surface area contributed by atoms with Crippen molar-refractivity contribution in [1.82, 2.24) is 5.32 Å². The predicted molar refractivity (Wildman–Crippen MR) is 273 cm³/mol. The van der Waals surface area contributed by atoms with E-state index in [4.69, 9.17) is 28.4 Å². The number of aliphatic hydroxyl groups is 11. The molecule has 0 spiro atoms. The number of allylic oxidation sites excluding steroid dienone is 3. The Morgan fingerprint density at radius 1 is 0.479 bits per heavy atom. The van der Waals surface area contributed by atoms with Crippen molar-refractivity contribution in [2.75, 3.05) is 26.4 Å². The lowest BCUT2D eigenvalue weighted by Crippen LogP contribution is -2.66. The quantitative estimate of drug-likeness (QED) is 0.0308. The van der Waals surface area contributed by atoms with Gasteiger partial charge in [-0.05, 0) is 25.7 Å². The minimum Gasteiger partial charge on any atom is -0.394 e. The fourth-order valence-electron chi connectivity index (χ4n) is 9.57. The molecule has 3 aliphatic rings. The smallest absolute Gasteiger partial charge is 0.220 e. The molecule has 3 fully saturated rings. The first kappa shape index (κ1) is 65.6. The van der Waals surface area contributed by atoms with E-state index >= 15 is 0 Å². The van der Waals surface area contributed by atoms with Crippen LogP contribution in [0.3, 0.4) is 0 Å². The molecule has 3 rings (SSSR count). The average molecular weight is 1050 g/mol. The molecule has 0 aromatic carbocycles. The van der Waals surface area contributed by atoms with E-state index in [0.717, 1.165) is 38.5 Å². The van der Waals surface area contributed by atoms with E-state index < -0.39 is 124 Å². The largest absolute Gasteiger partial charge is 0.394 e. The third kappa shape index (κ3) is 23.8. The first-order valence-corrected chi connectivity index (χ1v) is 28.1. The van der Waals surface area contributed by atoms with Gasteiger partial charge < -0.3 is 89.9 Å². The van der Waals surface area contributed by atoms with Crippen LogP contribution in [0.5, 0.6) is 0 Å². The number of rotatable bonds is 40. The number of hydrogen-bond donors (Lipinski definition) is 12. The Balaban J connectivity index is 1.45. The lowest BCUT2D eigenvalue weighted by molar-refractivity contribution is -0.379. The zero-order valence-corrected chi connectivity index (χ0v) is 44.1. The SMILES string of the molecule is CCC/C=C/CC/C=C/C(O)C(COC1OC(CO)C(OC2OC(CO)C(OC3OC(CO)C(O)C(O)C3O)C(O)C2O)C(O)C1O)NC(=O)CCCCCCCCCCCCCCCCCCCCCCC. The van der Waals surface area contributed by atoms with E-state index in [9.17, 15) is 61.0 Å². The third-order valence-electron chi connectivity index (χ3n) is 14.2. The van der Waals surface area contributed by atoms with Crippen molar-refractivity contribution in [3.8, 4) is 0 Å². The Morgan fingerprint density at radius 2 is 0.877 bits per heavy atom. The van der Waals surface area contributed by atoms with Crippen molar-refractivity contribution in [3.63, 3.8) is 0 Å². The molecule has 19 nitrogen and oxygen atoms in total. The summed E-state index contributed by atoms with van der Waals surface area (Å²) in [5.74, 6) is -0.288. The van der Waals surface area contributed by atoms with Crippen LogP contribution in [0.4, 0.5) is 0 Å². The van der Waals surface area contributed by atoms with Crippen molar-refractivity contribution >= 4 is 5.91 Å². The first-order valence-electron chi connectivity index (χ1n) is 28.1. The molecule has 17 unspecified atom stereocenters. The Bertz CT molecular complexity index is 1440. The summed E-state index contributed by atoms with van der Waals surface area (Å²) >= 11 is 0. The van der Waals surface area contributed by atoms with Gasteiger partial charge in [0.05, 0.1) is 38.6 Å². The summed E-state index contributed by atoms with van der Waals surface area (Å²) < 4.78 is 34.1. The van der Waals surface area contributed by atoms with Crippen molar-refractivity contribution in [1.29, 1.82) is 0 Å². The molecule has 0 aromatic rings. The zero-order valence-electron chi connectivity index (χ0n) is 44.1. The van der Waals surface area contributed by atoms with Gasteiger partial charge in [-0.25, -0.2) is 0 Å². The highest BCUT2D eigenvalue weighted by molar-refractivity contribution is 5.76. The highest BCUT2D eigenvalue weighted by Crippen LogP contribution is 2.33. The van der Waals surface area contributed by atoms with E-state index in [2.05, 4.69) is 31.3 Å². The Hall–Kier alpha value is -1.73. The van der Waals surface area contributed by atoms with Crippen LogP contribution < -0.4 is 5.32 Å².